The first-order valence-corrected chi connectivity index (χ1v) is 8.96. The second-order valence-electron chi connectivity index (χ2n) is 6.55. The fourth-order valence-corrected chi connectivity index (χ4v) is 3.27. The average molecular weight is 339 g/mol. The molecule has 2 N–H and O–H groups in total. The van der Waals surface area contributed by atoms with E-state index < -0.39 is 0 Å². The lowest BCUT2D eigenvalue weighted by Gasteiger charge is -2.32. The van der Waals surface area contributed by atoms with E-state index in [-0.39, 0.29) is 11.7 Å². The minimum absolute atomic E-state index is 0.0375. The van der Waals surface area contributed by atoms with Crippen LogP contribution in [0.5, 0.6) is 0 Å². The standard InChI is InChI=1S/C20H25N3O2/c1-2-21-13-15-8-11-23(12-9-15)20(25)17-5-3-16(4-6-17)19(24)18-7-10-22-14-18/h3-7,10,14-15,21-22H,2,8-9,11-13H2,1H3. The minimum atomic E-state index is -0.0375. The van der Waals surface area contributed by atoms with E-state index in [1.54, 1.807) is 42.7 Å². The molecule has 3 rings (SSSR count). The molecule has 1 aromatic heterocycles. The van der Waals surface area contributed by atoms with Crippen molar-refractivity contribution in [3.8, 4) is 0 Å². The molecule has 1 saturated heterocycles. The van der Waals surface area contributed by atoms with Crippen molar-refractivity contribution in [3.05, 3.63) is 59.4 Å². The number of nitrogens with zero attached hydrogens (tertiary/aromatic N) is 1. The van der Waals surface area contributed by atoms with Crippen LogP contribution in [0.4, 0.5) is 0 Å². The molecule has 1 aliphatic rings. The molecule has 25 heavy (non-hydrogen) atoms. The normalized spacial score (nSPS) is 15.3. The molecular formula is C20H25N3O2. The third-order valence-electron chi connectivity index (χ3n) is 4.84. The minimum Gasteiger partial charge on any atom is -0.367 e. The van der Waals surface area contributed by atoms with Gasteiger partial charge in [-0.15, -0.1) is 0 Å². The summed E-state index contributed by atoms with van der Waals surface area (Å²) in [6.07, 6.45) is 5.50. The van der Waals surface area contributed by atoms with Crippen molar-refractivity contribution >= 4 is 11.7 Å². The summed E-state index contributed by atoms with van der Waals surface area (Å²) in [5, 5.41) is 3.38. The van der Waals surface area contributed by atoms with Crippen LogP contribution in [0.15, 0.2) is 42.7 Å². The first-order chi connectivity index (χ1) is 12.2. The zero-order valence-electron chi connectivity index (χ0n) is 14.6. The van der Waals surface area contributed by atoms with Crippen LogP contribution in [0, 0.1) is 5.92 Å². The van der Waals surface area contributed by atoms with Gasteiger partial charge in [-0.2, -0.15) is 0 Å². The Hall–Kier alpha value is -2.40. The van der Waals surface area contributed by atoms with Crippen molar-refractivity contribution in [2.45, 2.75) is 19.8 Å². The molecule has 0 aliphatic carbocycles. The molecule has 0 radical (unpaired) electrons. The van der Waals surface area contributed by atoms with Crippen molar-refractivity contribution in [3.63, 3.8) is 0 Å². The predicted octanol–water partition coefficient (Wildman–Crippen LogP) is 2.71. The van der Waals surface area contributed by atoms with Gasteiger partial charge in [0.2, 0.25) is 0 Å². The number of nitrogens with one attached hydrogen (secondary N) is 2. The zero-order chi connectivity index (χ0) is 17.6. The monoisotopic (exact) mass is 339 g/mol. The lowest BCUT2D eigenvalue weighted by atomic mass is 9.96. The first kappa shape index (κ1) is 17.4. The number of hydrogen-bond donors (Lipinski definition) is 2. The Morgan fingerprint density at radius 1 is 1.08 bits per heavy atom. The van der Waals surface area contributed by atoms with Crippen LogP contribution in [0.3, 0.4) is 0 Å². The maximum absolute atomic E-state index is 12.7. The fourth-order valence-electron chi connectivity index (χ4n) is 3.27. The number of likely N-dealkylation sites (tertiary alicyclic amines) is 1. The van der Waals surface area contributed by atoms with E-state index in [4.69, 9.17) is 0 Å². The number of benzene rings is 1. The highest BCUT2D eigenvalue weighted by Crippen LogP contribution is 2.19. The molecule has 1 aromatic carbocycles. The summed E-state index contributed by atoms with van der Waals surface area (Å²) in [7, 11) is 0. The Morgan fingerprint density at radius 2 is 1.76 bits per heavy atom. The van der Waals surface area contributed by atoms with Gasteiger partial charge in [-0.3, -0.25) is 9.59 Å². The van der Waals surface area contributed by atoms with Crippen LogP contribution < -0.4 is 5.32 Å². The highest BCUT2D eigenvalue weighted by atomic mass is 16.2. The van der Waals surface area contributed by atoms with Crippen LogP contribution in [-0.2, 0) is 0 Å². The second kappa shape index (κ2) is 8.12. The van der Waals surface area contributed by atoms with E-state index in [0.717, 1.165) is 39.0 Å². The van der Waals surface area contributed by atoms with Gasteiger partial charge in [-0.1, -0.05) is 19.1 Å². The van der Waals surface area contributed by atoms with E-state index in [0.29, 0.717) is 22.6 Å². The van der Waals surface area contributed by atoms with Crippen molar-refractivity contribution in [2.24, 2.45) is 5.92 Å². The molecule has 0 spiro atoms. The molecule has 5 heteroatoms. The summed E-state index contributed by atoms with van der Waals surface area (Å²) in [5.74, 6) is 0.678. The molecule has 1 amide bonds. The van der Waals surface area contributed by atoms with Crippen molar-refractivity contribution < 1.29 is 9.59 Å². The van der Waals surface area contributed by atoms with Gasteiger partial charge in [0.15, 0.2) is 5.78 Å². The van der Waals surface area contributed by atoms with Crippen LogP contribution in [0.2, 0.25) is 0 Å². The zero-order valence-corrected chi connectivity index (χ0v) is 14.6. The average Bonchev–Trinajstić information content (AvgIpc) is 3.20. The number of aromatic nitrogens is 1. The number of piperidine rings is 1. The molecule has 1 aliphatic heterocycles. The van der Waals surface area contributed by atoms with Gasteiger partial charge in [-0.05, 0) is 50.0 Å². The smallest absolute Gasteiger partial charge is 0.253 e. The summed E-state index contributed by atoms with van der Waals surface area (Å²) in [6, 6.07) is 8.74. The summed E-state index contributed by atoms with van der Waals surface area (Å²) < 4.78 is 0. The number of hydrogen-bond acceptors (Lipinski definition) is 3. The van der Waals surface area contributed by atoms with Crippen molar-refractivity contribution in [1.82, 2.24) is 15.2 Å². The van der Waals surface area contributed by atoms with Crippen LogP contribution in [0.1, 0.15) is 46.0 Å². The molecule has 0 unspecified atom stereocenters. The van der Waals surface area contributed by atoms with Gasteiger partial charge >= 0.3 is 0 Å². The quantitative estimate of drug-likeness (QED) is 0.795. The molecule has 0 atom stereocenters. The number of carbonyl (C=O) groups excluding carboxylic acids is 2. The van der Waals surface area contributed by atoms with Gasteiger partial charge in [0.05, 0.1) is 0 Å². The molecule has 0 bridgehead atoms. The van der Waals surface area contributed by atoms with Crippen molar-refractivity contribution in [2.75, 3.05) is 26.2 Å². The predicted molar refractivity (Wildman–Crippen MR) is 97.8 cm³/mol. The third kappa shape index (κ3) is 4.17. The lowest BCUT2D eigenvalue weighted by Crippen LogP contribution is -2.40. The summed E-state index contributed by atoms with van der Waals surface area (Å²) in [5.41, 5.74) is 1.87. The van der Waals surface area contributed by atoms with Crippen LogP contribution >= 0.6 is 0 Å². The van der Waals surface area contributed by atoms with E-state index in [2.05, 4.69) is 17.2 Å². The third-order valence-corrected chi connectivity index (χ3v) is 4.84. The Kier molecular flexibility index (Phi) is 5.66. The Morgan fingerprint density at radius 3 is 2.36 bits per heavy atom. The molecule has 1 fully saturated rings. The molecule has 2 aromatic rings. The SMILES string of the molecule is CCNCC1CCN(C(=O)c2ccc(C(=O)c3cc[nH]c3)cc2)CC1. The van der Waals surface area contributed by atoms with Gasteiger partial charge in [0.25, 0.3) is 5.91 Å². The molecule has 0 saturated carbocycles. The number of ketones is 1. The van der Waals surface area contributed by atoms with E-state index in [9.17, 15) is 9.59 Å². The summed E-state index contributed by atoms with van der Waals surface area (Å²) in [4.78, 5) is 29.7. The number of carbonyl (C=O) groups is 2. The Balaban J connectivity index is 1.59. The number of rotatable bonds is 6. The Bertz CT molecular complexity index is 699. The molecule has 132 valence electrons. The summed E-state index contributed by atoms with van der Waals surface area (Å²) in [6.45, 7) is 5.75. The van der Waals surface area contributed by atoms with Gasteiger partial charge in [0, 0.05) is 42.2 Å². The highest BCUT2D eigenvalue weighted by Gasteiger charge is 2.23. The fraction of sp³-hybridized carbons (Fsp3) is 0.400. The van der Waals surface area contributed by atoms with Crippen LogP contribution in [0.25, 0.3) is 0 Å². The Labute approximate surface area is 148 Å². The molecule has 2 heterocycles. The van der Waals surface area contributed by atoms with E-state index >= 15 is 0 Å². The van der Waals surface area contributed by atoms with Gasteiger partial charge in [-0.25, -0.2) is 0 Å². The van der Waals surface area contributed by atoms with Gasteiger partial charge < -0.3 is 15.2 Å². The number of aromatic amines is 1. The number of amides is 1. The topological polar surface area (TPSA) is 65.2 Å². The largest absolute Gasteiger partial charge is 0.367 e. The first-order valence-electron chi connectivity index (χ1n) is 8.96. The lowest BCUT2D eigenvalue weighted by molar-refractivity contribution is 0.0690. The van der Waals surface area contributed by atoms with E-state index in [1.807, 2.05) is 4.90 Å². The second-order valence-corrected chi connectivity index (χ2v) is 6.55. The van der Waals surface area contributed by atoms with Crippen LogP contribution in [-0.4, -0.2) is 47.8 Å². The maximum atomic E-state index is 12.7. The van der Waals surface area contributed by atoms with Gasteiger partial charge in [0.1, 0.15) is 0 Å². The number of H-pyrrole nitrogens is 1. The summed E-state index contributed by atoms with van der Waals surface area (Å²) >= 11 is 0. The molecule has 5 nitrogen and oxygen atoms in total. The molecular weight excluding hydrogens is 314 g/mol. The highest BCUT2D eigenvalue weighted by molar-refractivity contribution is 6.09. The van der Waals surface area contributed by atoms with Crippen molar-refractivity contribution in [1.29, 1.82) is 0 Å². The maximum Gasteiger partial charge on any atom is 0.253 e. The van der Waals surface area contributed by atoms with E-state index in [1.165, 1.54) is 0 Å².